The van der Waals surface area contributed by atoms with Crippen molar-refractivity contribution in [3.63, 3.8) is 0 Å². The number of aryl methyl sites for hydroxylation is 1. The second-order valence-electron chi connectivity index (χ2n) is 5.23. The Balaban J connectivity index is 2.06. The summed E-state index contributed by atoms with van der Waals surface area (Å²) in [6.45, 7) is 6.74. The van der Waals surface area contributed by atoms with E-state index in [4.69, 9.17) is 27.9 Å². The summed E-state index contributed by atoms with van der Waals surface area (Å²) in [6.07, 6.45) is 0.177. The fourth-order valence-corrected chi connectivity index (χ4v) is 2.51. The lowest BCUT2D eigenvalue weighted by atomic mass is 10.1. The van der Waals surface area contributed by atoms with Gasteiger partial charge in [-0.3, -0.25) is 0 Å². The highest BCUT2D eigenvalue weighted by Crippen LogP contribution is 2.25. The van der Waals surface area contributed by atoms with Gasteiger partial charge in [0.05, 0.1) is 6.10 Å². The Hall–Kier alpha value is -1.38. The van der Waals surface area contributed by atoms with Crippen LogP contribution in [0.4, 0.5) is 5.69 Å². The van der Waals surface area contributed by atoms with Crippen LogP contribution in [-0.2, 0) is 6.54 Å². The van der Waals surface area contributed by atoms with Crippen LogP contribution in [0, 0.1) is 6.92 Å². The molecule has 0 aliphatic carbocycles. The van der Waals surface area contributed by atoms with Gasteiger partial charge in [-0.15, -0.1) is 0 Å². The molecule has 0 saturated carbocycles. The maximum absolute atomic E-state index is 6.17. The summed E-state index contributed by atoms with van der Waals surface area (Å²) in [5.41, 5.74) is 3.22. The molecule has 2 aromatic rings. The molecule has 0 aliphatic rings. The lowest BCUT2D eigenvalue weighted by molar-refractivity contribution is 0.242. The maximum atomic E-state index is 6.17. The molecule has 0 amide bonds. The molecule has 0 radical (unpaired) electrons. The number of halogens is 2. The Morgan fingerprint density at radius 2 is 1.86 bits per heavy atom. The number of hydrogen-bond donors (Lipinski definition) is 1. The largest absolute Gasteiger partial charge is 0.491 e. The quantitative estimate of drug-likeness (QED) is 0.761. The number of benzene rings is 2. The van der Waals surface area contributed by atoms with Gasteiger partial charge in [0.15, 0.2) is 0 Å². The van der Waals surface area contributed by atoms with E-state index in [-0.39, 0.29) is 6.10 Å². The van der Waals surface area contributed by atoms with E-state index in [1.165, 1.54) is 0 Å². The van der Waals surface area contributed by atoms with Crippen LogP contribution in [0.1, 0.15) is 25.0 Å². The van der Waals surface area contributed by atoms with Crippen molar-refractivity contribution in [1.29, 1.82) is 0 Å². The second-order valence-corrected chi connectivity index (χ2v) is 6.08. The number of ether oxygens (including phenoxy) is 1. The zero-order valence-corrected chi connectivity index (χ0v) is 13.9. The van der Waals surface area contributed by atoms with Crippen LogP contribution in [0.2, 0.25) is 10.0 Å². The molecule has 0 atom stereocenters. The summed E-state index contributed by atoms with van der Waals surface area (Å²) in [6, 6.07) is 11.6. The zero-order chi connectivity index (χ0) is 15.4. The van der Waals surface area contributed by atoms with Gasteiger partial charge in [0.2, 0.25) is 0 Å². The summed E-state index contributed by atoms with van der Waals surface area (Å²) in [5, 5.41) is 4.71. The molecular formula is C17H19Cl2NO. The molecule has 0 bridgehead atoms. The van der Waals surface area contributed by atoms with Crippen molar-refractivity contribution in [2.45, 2.75) is 33.4 Å². The summed E-state index contributed by atoms with van der Waals surface area (Å²) in [7, 11) is 0. The van der Waals surface area contributed by atoms with Crippen molar-refractivity contribution in [2.75, 3.05) is 5.32 Å². The Bertz CT molecular complexity index is 626. The normalized spacial score (nSPS) is 10.8. The highest BCUT2D eigenvalue weighted by atomic mass is 35.5. The van der Waals surface area contributed by atoms with E-state index in [0.29, 0.717) is 16.6 Å². The number of hydrogen-bond acceptors (Lipinski definition) is 2. The van der Waals surface area contributed by atoms with Crippen LogP contribution in [0.3, 0.4) is 0 Å². The minimum absolute atomic E-state index is 0.177. The molecule has 0 heterocycles. The van der Waals surface area contributed by atoms with Crippen LogP contribution in [0.5, 0.6) is 5.75 Å². The molecule has 21 heavy (non-hydrogen) atoms. The average molecular weight is 324 g/mol. The van der Waals surface area contributed by atoms with Crippen LogP contribution < -0.4 is 10.1 Å². The molecule has 0 unspecified atom stereocenters. The highest BCUT2D eigenvalue weighted by molar-refractivity contribution is 6.35. The van der Waals surface area contributed by atoms with Gasteiger partial charge in [0.1, 0.15) is 5.75 Å². The zero-order valence-electron chi connectivity index (χ0n) is 12.4. The molecule has 0 aromatic heterocycles. The molecule has 0 fully saturated rings. The van der Waals surface area contributed by atoms with Crippen LogP contribution >= 0.6 is 23.2 Å². The fourth-order valence-electron chi connectivity index (χ4n) is 2.04. The molecule has 112 valence electrons. The SMILES string of the molecule is Cc1cc(OC(C)C)ccc1NCc1ccc(Cl)cc1Cl. The molecule has 0 spiro atoms. The van der Waals surface area contributed by atoms with E-state index in [1.807, 2.05) is 44.2 Å². The maximum Gasteiger partial charge on any atom is 0.120 e. The van der Waals surface area contributed by atoms with E-state index in [9.17, 15) is 0 Å². The van der Waals surface area contributed by atoms with E-state index in [1.54, 1.807) is 6.07 Å². The van der Waals surface area contributed by atoms with Gasteiger partial charge in [-0.1, -0.05) is 29.3 Å². The Morgan fingerprint density at radius 1 is 1.10 bits per heavy atom. The topological polar surface area (TPSA) is 21.3 Å². The predicted octanol–water partition coefficient (Wildman–Crippen LogP) is 5.70. The third-order valence-corrected chi connectivity index (χ3v) is 3.64. The van der Waals surface area contributed by atoms with Gasteiger partial charge < -0.3 is 10.1 Å². The Kier molecular flexibility index (Phi) is 5.38. The highest BCUT2D eigenvalue weighted by Gasteiger charge is 2.05. The number of anilines is 1. The average Bonchev–Trinajstić information content (AvgIpc) is 2.39. The molecular weight excluding hydrogens is 305 g/mol. The van der Waals surface area contributed by atoms with E-state index in [0.717, 1.165) is 22.6 Å². The number of rotatable bonds is 5. The second kappa shape index (κ2) is 7.06. The van der Waals surface area contributed by atoms with Crippen molar-refractivity contribution >= 4 is 28.9 Å². The molecule has 4 heteroatoms. The standard InChI is InChI=1S/C17H19Cl2NO/c1-11(2)21-15-6-7-17(12(3)8-15)20-10-13-4-5-14(18)9-16(13)19/h4-9,11,20H,10H2,1-3H3. The molecule has 1 N–H and O–H groups in total. The Labute approximate surface area is 136 Å². The van der Waals surface area contributed by atoms with E-state index in [2.05, 4.69) is 12.2 Å². The van der Waals surface area contributed by atoms with E-state index < -0.39 is 0 Å². The monoisotopic (exact) mass is 323 g/mol. The molecule has 0 aliphatic heterocycles. The molecule has 2 aromatic carbocycles. The van der Waals surface area contributed by atoms with Crippen molar-refractivity contribution in [3.8, 4) is 5.75 Å². The Morgan fingerprint density at radius 3 is 2.48 bits per heavy atom. The molecule has 2 rings (SSSR count). The first-order chi connectivity index (χ1) is 9.95. The van der Waals surface area contributed by atoms with Crippen molar-refractivity contribution < 1.29 is 4.74 Å². The predicted molar refractivity (Wildman–Crippen MR) is 90.7 cm³/mol. The van der Waals surface area contributed by atoms with Crippen LogP contribution in [-0.4, -0.2) is 6.10 Å². The van der Waals surface area contributed by atoms with Gasteiger partial charge >= 0.3 is 0 Å². The van der Waals surface area contributed by atoms with Gasteiger partial charge in [-0.05, 0) is 62.2 Å². The third-order valence-electron chi connectivity index (χ3n) is 3.05. The lowest BCUT2D eigenvalue weighted by Gasteiger charge is -2.14. The lowest BCUT2D eigenvalue weighted by Crippen LogP contribution is -2.06. The number of nitrogens with one attached hydrogen (secondary N) is 1. The minimum atomic E-state index is 0.177. The molecule has 2 nitrogen and oxygen atoms in total. The smallest absolute Gasteiger partial charge is 0.120 e. The summed E-state index contributed by atoms with van der Waals surface area (Å²) >= 11 is 12.1. The van der Waals surface area contributed by atoms with Crippen molar-refractivity contribution in [3.05, 3.63) is 57.6 Å². The van der Waals surface area contributed by atoms with Crippen LogP contribution in [0.25, 0.3) is 0 Å². The van der Waals surface area contributed by atoms with Crippen molar-refractivity contribution in [2.24, 2.45) is 0 Å². The van der Waals surface area contributed by atoms with Gasteiger partial charge in [0.25, 0.3) is 0 Å². The first kappa shape index (κ1) is 16.0. The first-order valence-corrected chi connectivity index (χ1v) is 7.66. The summed E-state index contributed by atoms with van der Waals surface area (Å²) in [5.74, 6) is 0.887. The van der Waals surface area contributed by atoms with Gasteiger partial charge in [-0.2, -0.15) is 0 Å². The summed E-state index contributed by atoms with van der Waals surface area (Å²) < 4.78 is 5.68. The van der Waals surface area contributed by atoms with Crippen LogP contribution in [0.15, 0.2) is 36.4 Å². The third kappa shape index (κ3) is 4.55. The van der Waals surface area contributed by atoms with Gasteiger partial charge in [-0.25, -0.2) is 0 Å². The fraction of sp³-hybridized carbons (Fsp3) is 0.294. The van der Waals surface area contributed by atoms with E-state index >= 15 is 0 Å². The first-order valence-electron chi connectivity index (χ1n) is 6.91. The van der Waals surface area contributed by atoms with Gasteiger partial charge in [0, 0.05) is 22.3 Å². The molecule has 0 saturated heterocycles. The van der Waals surface area contributed by atoms with Crippen molar-refractivity contribution in [1.82, 2.24) is 0 Å². The summed E-state index contributed by atoms with van der Waals surface area (Å²) in [4.78, 5) is 0. The minimum Gasteiger partial charge on any atom is -0.491 e.